The molecule has 0 unspecified atom stereocenters. The van der Waals surface area contributed by atoms with Gasteiger partial charge >= 0.3 is 0 Å². The molecule has 19 heavy (non-hydrogen) atoms. The molecule has 0 bridgehead atoms. The van der Waals surface area contributed by atoms with Crippen molar-refractivity contribution in [2.75, 3.05) is 18.0 Å². The summed E-state index contributed by atoms with van der Waals surface area (Å²) in [6.45, 7) is 15.4. The number of rotatable bonds is 7. The third kappa shape index (κ3) is 5.03. The van der Waals surface area contributed by atoms with Crippen molar-refractivity contribution >= 4 is 5.82 Å². The summed E-state index contributed by atoms with van der Waals surface area (Å²) in [4.78, 5) is 6.77. The van der Waals surface area contributed by atoms with Crippen LogP contribution in [-0.4, -0.2) is 23.6 Å². The zero-order valence-corrected chi connectivity index (χ0v) is 12.7. The highest BCUT2D eigenvalue weighted by Crippen LogP contribution is 2.22. The van der Waals surface area contributed by atoms with E-state index in [0.29, 0.717) is 0 Å². The van der Waals surface area contributed by atoms with E-state index in [4.69, 9.17) is 0 Å². The van der Waals surface area contributed by atoms with Crippen molar-refractivity contribution in [3.05, 3.63) is 36.5 Å². The quantitative estimate of drug-likeness (QED) is 0.602. The summed E-state index contributed by atoms with van der Waals surface area (Å²) in [5.74, 6) is 1.02. The molecule has 1 N–H and O–H groups in total. The molecule has 106 valence electrons. The summed E-state index contributed by atoms with van der Waals surface area (Å²) in [5.41, 5.74) is 1.31. The van der Waals surface area contributed by atoms with E-state index < -0.39 is 0 Å². The molecule has 1 aromatic heterocycles. The van der Waals surface area contributed by atoms with Crippen molar-refractivity contribution in [1.29, 1.82) is 0 Å². The van der Waals surface area contributed by atoms with Gasteiger partial charge in [-0.3, -0.25) is 0 Å². The fraction of sp³-hybridized carbons (Fsp3) is 0.562. The van der Waals surface area contributed by atoms with E-state index >= 15 is 0 Å². The fourth-order valence-corrected chi connectivity index (χ4v) is 1.97. The molecule has 1 aromatic rings. The van der Waals surface area contributed by atoms with Crippen LogP contribution in [0.1, 0.15) is 39.7 Å². The Morgan fingerprint density at radius 2 is 2.16 bits per heavy atom. The van der Waals surface area contributed by atoms with E-state index in [0.717, 1.165) is 31.9 Å². The van der Waals surface area contributed by atoms with Crippen molar-refractivity contribution in [1.82, 2.24) is 10.3 Å². The standard InChI is InChI=1S/C16H27N3/c1-6-9-17-13-14-8-10-18-15(12-14)19(11-7-2)16(3,4)5/h7-8,10,12,17H,2,6,9,11,13H2,1,3-5H3. The number of aromatic nitrogens is 1. The summed E-state index contributed by atoms with van der Waals surface area (Å²) in [7, 11) is 0. The minimum absolute atomic E-state index is 0.0384. The number of nitrogens with one attached hydrogen (secondary N) is 1. The third-order valence-corrected chi connectivity index (χ3v) is 2.96. The molecule has 0 spiro atoms. The van der Waals surface area contributed by atoms with Crippen LogP contribution in [0.25, 0.3) is 0 Å². The molecule has 0 atom stereocenters. The largest absolute Gasteiger partial charge is 0.348 e. The minimum Gasteiger partial charge on any atom is -0.348 e. The topological polar surface area (TPSA) is 28.2 Å². The summed E-state index contributed by atoms with van der Waals surface area (Å²) < 4.78 is 0. The Morgan fingerprint density at radius 1 is 1.42 bits per heavy atom. The van der Waals surface area contributed by atoms with E-state index in [1.54, 1.807) is 0 Å². The van der Waals surface area contributed by atoms with Gasteiger partial charge in [-0.25, -0.2) is 4.98 Å². The number of nitrogens with zero attached hydrogens (tertiary/aromatic N) is 2. The van der Waals surface area contributed by atoms with Gasteiger partial charge in [-0.2, -0.15) is 0 Å². The lowest BCUT2D eigenvalue weighted by Crippen LogP contribution is -2.42. The maximum Gasteiger partial charge on any atom is 0.129 e. The highest BCUT2D eigenvalue weighted by atomic mass is 15.2. The van der Waals surface area contributed by atoms with Gasteiger partial charge in [0, 0.05) is 24.8 Å². The molecule has 0 amide bonds. The average Bonchev–Trinajstić information content (AvgIpc) is 2.35. The molecular formula is C16H27N3. The number of pyridine rings is 1. The number of hydrogen-bond acceptors (Lipinski definition) is 3. The van der Waals surface area contributed by atoms with Crippen molar-refractivity contribution in [3.63, 3.8) is 0 Å². The second kappa shape index (κ2) is 7.29. The van der Waals surface area contributed by atoms with Crippen LogP contribution in [0.4, 0.5) is 5.82 Å². The normalized spacial score (nSPS) is 11.4. The molecule has 0 radical (unpaired) electrons. The highest BCUT2D eigenvalue weighted by molar-refractivity contribution is 5.44. The molecule has 1 rings (SSSR count). The van der Waals surface area contributed by atoms with E-state index in [2.05, 4.69) is 61.6 Å². The molecular weight excluding hydrogens is 234 g/mol. The maximum atomic E-state index is 4.50. The predicted octanol–water partition coefficient (Wildman–Crippen LogP) is 3.37. The van der Waals surface area contributed by atoms with Gasteiger partial charge in [0.25, 0.3) is 0 Å². The lowest BCUT2D eigenvalue weighted by Gasteiger charge is -2.36. The highest BCUT2D eigenvalue weighted by Gasteiger charge is 2.21. The monoisotopic (exact) mass is 261 g/mol. The molecule has 0 fully saturated rings. The van der Waals surface area contributed by atoms with E-state index in [9.17, 15) is 0 Å². The first-order valence-electron chi connectivity index (χ1n) is 7.03. The van der Waals surface area contributed by atoms with Crippen molar-refractivity contribution in [2.45, 2.75) is 46.2 Å². The average molecular weight is 261 g/mol. The molecule has 0 aromatic carbocycles. The van der Waals surface area contributed by atoms with Crippen molar-refractivity contribution in [2.24, 2.45) is 0 Å². The zero-order valence-electron chi connectivity index (χ0n) is 12.7. The number of anilines is 1. The molecule has 0 saturated carbocycles. The summed E-state index contributed by atoms with van der Waals surface area (Å²) in [5, 5.41) is 3.42. The molecule has 3 nitrogen and oxygen atoms in total. The van der Waals surface area contributed by atoms with Crippen LogP contribution in [0.5, 0.6) is 0 Å². The van der Waals surface area contributed by atoms with Gasteiger partial charge in [-0.15, -0.1) is 6.58 Å². The van der Waals surface area contributed by atoms with Gasteiger partial charge in [0.05, 0.1) is 0 Å². The second-order valence-electron chi connectivity index (χ2n) is 5.77. The lowest BCUT2D eigenvalue weighted by molar-refractivity contribution is 0.517. The third-order valence-electron chi connectivity index (χ3n) is 2.96. The molecule has 1 heterocycles. The fourth-order valence-electron chi connectivity index (χ4n) is 1.97. The van der Waals surface area contributed by atoms with Crippen LogP contribution in [0.3, 0.4) is 0 Å². The Bertz CT molecular complexity index is 393. The molecule has 0 aliphatic rings. The van der Waals surface area contributed by atoms with Crippen LogP contribution in [-0.2, 0) is 6.54 Å². The number of hydrogen-bond donors (Lipinski definition) is 1. The Balaban J connectivity index is 2.85. The van der Waals surface area contributed by atoms with Crippen LogP contribution in [0, 0.1) is 0 Å². The van der Waals surface area contributed by atoms with Gasteiger partial charge in [0.15, 0.2) is 0 Å². The first kappa shape index (κ1) is 15.7. The Kier molecular flexibility index (Phi) is 6.03. The van der Waals surface area contributed by atoms with Crippen LogP contribution in [0.2, 0.25) is 0 Å². The lowest BCUT2D eigenvalue weighted by atomic mass is 10.1. The Hall–Kier alpha value is -1.35. The molecule has 0 saturated heterocycles. The zero-order chi connectivity index (χ0) is 14.3. The van der Waals surface area contributed by atoms with Gasteiger partial charge in [0.1, 0.15) is 5.82 Å². The van der Waals surface area contributed by atoms with E-state index in [1.165, 1.54) is 5.56 Å². The van der Waals surface area contributed by atoms with Gasteiger partial charge in [-0.1, -0.05) is 13.0 Å². The maximum absolute atomic E-state index is 4.50. The summed E-state index contributed by atoms with van der Waals surface area (Å²) in [6.07, 6.45) is 4.97. The summed E-state index contributed by atoms with van der Waals surface area (Å²) in [6, 6.07) is 4.23. The van der Waals surface area contributed by atoms with E-state index in [1.807, 2.05) is 12.3 Å². The van der Waals surface area contributed by atoms with Crippen molar-refractivity contribution < 1.29 is 0 Å². The van der Waals surface area contributed by atoms with Gasteiger partial charge in [0.2, 0.25) is 0 Å². The van der Waals surface area contributed by atoms with Crippen molar-refractivity contribution in [3.8, 4) is 0 Å². The first-order chi connectivity index (χ1) is 8.99. The predicted molar refractivity (Wildman–Crippen MR) is 83.5 cm³/mol. The van der Waals surface area contributed by atoms with E-state index in [-0.39, 0.29) is 5.54 Å². The molecule has 0 aliphatic carbocycles. The van der Waals surface area contributed by atoms with Gasteiger partial charge in [-0.05, 0) is 51.4 Å². The Morgan fingerprint density at radius 3 is 2.74 bits per heavy atom. The van der Waals surface area contributed by atoms with Gasteiger partial charge < -0.3 is 10.2 Å². The molecule has 3 heteroatoms. The molecule has 0 aliphatic heterocycles. The smallest absolute Gasteiger partial charge is 0.129 e. The summed E-state index contributed by atoms with van der Waals surface area (Å²) >= 11 is 0. The Labute approximate surface area is 117 Å². The SMILES string of the molecule is C=CCN(c1cc(CNCCC)ccn1)C(C)(C)C. The second-order valence-corrected chi connectivity index (χ2v) is 5.77. The van der Waals surface area contributed by atoms with Crippen LogP contribution in [0.15, 0.2) is 31.0 Å². The first-order valence-corrected chi connectivity index (χ1v) is 7.03. The van der Waals surface area contributed by atoms with Crippen LogP contribution < -0.4 is 10.2 Å². The minimum atomic E-state index is 0.0384. The van der Waals surface area contributed by atoms with Crippen LogP contribution >= 0.6 is 0 Å².